The Bertz CT molecular complexity index is 1080. The lowest BCUT2D eigenvalue weighted by atomic mass is 9.96. The van der Waals surface area contributed by atoms with E-state index in [-0.39, 0.29) is 11.4 Å². The molecule has 3 heterocycles. The van der Waals surface area contributed by atoms with Crippen LogP contribution in [0.4, 0.5) is 4.39 Å². The van der Waals surface area contributed by atoms with Gasteiger partial charge >= 0.3 is 0 Å². The summed E-state index contributed by atoms with van der Waals surface area (Å²) in [5, 5.41) is 6.08. The molecule has 1 aromatic carbocycles. The van der Waals surface area contributed by atoms with Crippen molar-refractivity contribution in [2.45, 2.75) is 39.8 Å². The minimum absolute atomic E-state index is 0.0850. The second kappa shape index (κ2) is 8.96. The number of halogens is 2. The van der Waals surface area contributed by atoms with Gasteiger partial charge in [-0.1, -0.05) is 17.7 Å². The van der Waals surface area contributed by atoms with Crippen molar-refractivity contribution in [3.05, 3.63) is 67.8 Å². The Kier molecular flexibility index (Phi) is 6.32. The first kappa shape index (κ1) is 21.2. The predicted molar refractivity (Wildman–Crippen MR) is 118 cm³/mol. The first-order valence-corrected chi connectivity index (χ1v) is 11.3. The zero-order valence-electron chi connectivity index (χ0n) is 17.1. The first-order chi connectivity index (χ1) is 14.4. The molecule has 0 spiro atoms. The monoisotopic (exact) mass is 446 g/mol. The number of aromatic nitrogens is 3. The fourth-order valence-electron chi connectivity index (χ4n) is 3.95. The van der Waals surface area contributed by atoms with Crippen LogP contribution in [0.1, 0.15) is 29.1 Å². The van der Waals surface area contributed by atoms with Gasteiger partial charge in [-0.05, 0) is 63.9 Å². The largest absolute Gasteiger partial charge is 0.299 e. The van der Waals surface area contributed by atoms with Crippen LogP contribution < -0.4 is 5.56 Å². The van der Waals surface area contributed by atoms with Crippen molar-refractivity contribution >= 4 is 22.9 Å². The second-order valence-corrected chi connectivity index (χ2v) is 9.42. The maximum absolute atomic E-state index is 14.1. The third kappa shape index (κ3) is 4.63. The van der Waals surface area contributed by atoms with Gasteiger partial charge in [0.2, 0.25) is 0 Å². The highest BCUT2D eigenvalue weighted by Crippen LogP contribution is 2.28. The van der Waals surface area contributed by atoms with Crippen LogP contribution in [-0.2, 0) is 13.1 Å². The van der Waals surface area contributed by atoms with E-state index in [1.54, 1.807) is 40.3 Å². The molecule has 0 atom stereocenters. The molecule has 5 nitrogen and oxygen atoms in total. The molecule has 8 heteroatoms. The molecular formula is C22H24ClFN4OS. The molecule has 30 heavy (non-hydrogen) atoms. The summed E-state index contributed by atoms with van der Waals surface area (Å²) in [7, 11) is 0. The lowest BCUT2D eigenvalue weighted by Gasteiger charge is -2.32. The predicted octanol–water partition coefficient (Wildman–Crippen LogP) is 4.69. The fraction of sp³-hybridized carbons (Fsp3) is 0.409. The topological polar surface area (TPSA) is 51.0 Å². The van der Waals surface area contributed by atoms with Crippen LogP contribution in [0.25, 0.3) is 10.6 Å². The molecule has 158 valence electrons. The molecule has 1 aliphatic heterocycles. The molecule has 0 N–H and O–H groups in total. The number of hydrogen-bond acceptors (Lipinski definition) is 5. The van der Waals surface area contributed by atoms with Gasteiger partial charge in [-0.3, -0.25) is 9.69 Å². The van der Waals surface area contributed by atoms with Gasteiger partial charge in [0.05, 0.1) is 15.6 Å². The second-order valence-electron chi connectivity index (χ2n) is 7.81. The van der Waals surface area contributed by atoms with Crippen molar-refractivity contribution in [2.75, 3.05) is 13.1 Å². The summed E-state index contributed by atoms with van der Waals surface area (Å²) in [6, 6.07) is 8.17. The highest BCUT2D eigenvalue weighted by Gasteiger charge is 2.22. The summed E-state index contributed by atoms with van der Waals surface area (Å²) in [4.78, 5) is 20.1. The summed E-state index contributed by atoms with van der Waals surface area (Å²) in [6.07, 6.45) is 1.87. The Hall–Kier alpha value is -2.09. The molecule has 4 rings (SSSR count). The average Bonchev–Trinajstić information content (AvgIpc) is 3.06. The standard InChI is InChI=1S/C22H24ClFN4OS/c1-14-22(30-15(2)25-14)20-6-7-21(29)28(26-20)12-16-8-10-27(11-9-16)13-17-18(23)4-3-5-19(17)24/h3-7,16H,8-13H2,1-2H3. The van der Waals surface area contributed by atoms with Gasteiger partial charge in [-0.25, -0.2) is 14.1 Å². The minimum atomic E-state index is -0.259. The summed E-state index contributed by atoms with van der Waals surface area (Å²) < 4.78 is 15.6. The number of rotatable bonds is 5. The summed E-state index contributed by atoms with van der Waals surface area (Å²) in [5.41, 5.74) is 2.20. The molecule has 0 aliphatic carbocycles. The SMILES string of the molecule is Cc1nc(C)c(-c2ccc(=O)n(CC3CCN(Cc4c(F)cccc4Cl)CC3)n2)s1. The van der Waals surface area contributed by atoms with E-state index in [1.807, 2.05) is 13.8 Å². The Labute approximate surface area is 184 Å². The van der Waals surface area contributed by atoms with Gasteiger partial charge in [0.25, 0.3) is 5.56 Å². The Morgan fingerprint density at radius 2 is 1.97 bits per heavy atom. The Balaban J connectivity index is 1.41. The maximum Gasteiger partial charge on any atom is 0.266 e. The highest BCUT2D eigenvalue weighted by molar-refractivity contribution is 7.15. The average molecular weight is 447 g/mol. The molecule has 1 saturated heterocycles. The van der Waals surface area contributed by atoms with Crippen LogP contribution in [0.5, 0.6) is 0 Å². The van der Waals surface area contributed by atoms with Crippen molar-refractivity contribution in [1.82, 2.24) is 19.7 Å². The summed E-state index contributed by atoms with van der Waals surface area (Å²) >= 11 is 7.76. The number of hydrogen-bond donors (Lipinski definition) is 0. The molecule has 0 amide bonds. The van der Waals surface area contributed by atoms with Crippen LogP contribution in [-0.4, -0.2) is 32.8 Å². The summed E-state index contributed by atoms with van der Waals surface area (Å²) in [6.45, 7) is 6.73. The van der Waals surface area contributed by atoms with E-state index < -0.39 is 0 Å². The molecular weight excluding hydrogens is 423 g/mol. The molecule has 1 fully saturated rings. The van der Waals surface area contributed by atoms with Crippen LogP contribution >= 0.6 is 22.9 Å². The van der Waals surface area contributed by atoms with Crippen molar-refractivity contribution in [2.24, 2.45) is 5.92 Å². The first-order valence-electron chi connectivity index (χ1n) is 10.1. The molecule has 0 bridgehead atoms. The molecule has 0 unspecified atom stereocenters. The quantitative estimate of drug-likeness (QED) is 0.570. The molecule has 2 aromatic heterocycles. The molecule has 0 radical (unpaired) electrons. The van der Waals surface area contributed by atoms with Crippen molar-refractivity contribution in [3.63, 3.8) is 0 Å². The third-order valence-corrected chi connectivity index (χ3v) is 7.03. The normalized spacial score (nSPS) is 15.6. The van der Waals surface area contributed by atoms with Crippen LogP contribution in [0.2, 0.25) is 5.02 Å². The third-order valence-electron chi connectivity index (χ3n) is 5.58. The van der Waals surface area contributed by atoms with Crippen LogP contribution in [0.15, 0.2) is 35.1 Å². The molecule has 1 aliphatic rings. The van der Waals surface area contributed by atoms with E-state index in [0.29, 0.717) is 29.6 Å². The number of nitrogens with zero attached hydrogens (tertiary/aromatic N) is 4. The van der Waals surface area contributed by atoms with Gasteiger partial charge in [-0.2, -0.15) is 5.10 Å². The van der Waals surface area contributed by atoms with E-state index in [4.69, 9.17) is 11.6 Å². The van der Waals surface area contributed by atoms with E-state index >= 15 is 0 Å². The van der Waals surface area contributed by atoms with Gasteiger partial charge in [0, 0.05) is 29.7 Å². The van der Waals surface area contributed by atoms with E-state index in [1.165, 1.54) is 6.07 Å². The highest BCUT2D eigenvalue weighted by atomic mass is 35.5. The molecule has 0 saturated carbocycles. The number of benzene rings is 1. The van der Waals surface area contributed by atoms with Crippen molar-refractivity contribution in [1.29, 1.82) is 0 Å². The fourth-order valence-corrected chi connectivity index (χ4v) is 5.06. The van der Waals surface area contributed by atoms with E-state index in [9.17, 15) is 9.18 Å². The Morgan fingerprint density at radius 3 is 2.63 bits per heavy atom. The number of likely N-dealkylation sites (tertiary alicyclic amines) is 1. The van der Waals surface area contributed by atoms with Gasteiger partial charge in [0.15, 0.2) is 0 Å². The Morgan fingerprint density at radius 1 is 1.20 bits per heavy atom. The van der Waals surface area contributed by atoms with Gasteiger partial charge < -0.3 is 0 Å². The lowest BCUT2D eigenvalue weighted by Crippen LogP contribution is -2.36. The minimum Gasteiger partial charge on any atom is -0.299 e. The zero-order valence-corrected chi connectivity index (χ0v) is 18.6. The van der Waals surface area contributed by atoms with Crippen molar-refractivity contribution in [3.8, 4) is 10.6 Å². The lowest BCUT2D eigenvalue weighted by molar-refractivity contribution is 0.162. The van der Waals surface area contributed by atoms with Crippen LogP contribution in [0.3, 0.4) is 0 Å². The van der Waals surface area contributed by atoms with Gasteiger partial charge in [0.1, 0.15) is 11.5 Å². The van der Waals surface area contributed by atoms with Crippen molar-refractivity contribution < 1.29 is 4.39 Å². The number of piperidine rings is 1. The van der Waals surface area contributed by atoms with E-state index in [2.05, 4.69) is 15.0 Å². The van der Waals surface area contributed by atoms with E-state index in [0.717, 1.165) is 47.2 Å². The number of aryl methyl sites for hydroxylation is 2. The van der Waals surface area contributed by atoms with Gasteiger partial charge in [-0.15, -0.1) is 11.3 Å². The smallest absolute Gasteiger partial charge is 0.266 e. The molecule has 3 aromatic rings. The maximum atomic E-state index is 14.1. The summed E-state index contributed by atoms with van der Waals surface area (Å²) in [5.74, 6) is 0.105. The zero-order chi connectivity index (χ0) is 21.3. The number of thiazole rings is 1. The van der Waals surface area contributed by atoms with Crippen LogP contribution in [0, 0.1) is 25.6 Å².